The zero-order valence-electron chi connectivity index (χ0n) is 10.1. The summed E-state index contributed by atoms with van der Waals surface area (Å²) in [5.41, 5.74) is 0. The number of nitrogens with zero attached hydrogens (tertiary/aromatic N) is 1. The van der Waals surface area contributed by atoms with Gasteiger partial charge in [-0.15, -0.1) is 0 Å². The lowest BCUT2D eigenvalue weighted by atomic mass is 10.0. The Kier molecular flexibility index (Phi) is 4.18. The minimum atomic E-state index is 0.320. The molecular weight excluding hydrogens is 204 g/mol. The highest BCUT2D eigenvalue weighted by molar-refractivity contribution is 5.76. The predicted octanol–water partition coefficient (Wildman–Crippen LogP) is 0.623. The minimum absolute atomic E-state index is 0.320. The Morgan fingerprint density at radius 1 is 1.56 bits per heavy atom. The molecule has 2 rings (SSSR count). The summed E-state index contributed by atoms with van der Waals surface area (Å²) in [6.07, 6.45) is 2.82. The van der Waals surface area contributed by atoms with Crippen LogP contribution in [0.3, 0.4) is 0 Å². The normalized spacial score (nSPS) is 30.7. The SMILES string of the molecule is C[C@@H]1CNCCN1C(=O)CCC1CCOC1. The van der Waals surface area contributed by atoms with Crippen LogP contribution in [0.15, 0.2) is 0 Å². The summed E-state index contributed by atoms with van der Waals surface area (Å²) in [5.74, 6) is 0.933. The first-order valence-corrected chi connectivity index (χ1v) is 6.35. The fourth-order valence-electron chi connectivity index (χ4n) is 2.49. The number of amides is 1. The van der Waals surface area contributed by atoms with Crippen LogP contribution in [-0.4, -0.2) is 49.7 Å². The number of carbonyl (C=O) groups excluding carboxylic acids is 1. The van der Waals surface area contributed by atoms with Gasteiger partial charge in [-0.3, -0.25) is 4.79 Å². The average Bonchev–Trinajstić information content (AvgIpc) is 2.79. The van der Waals surface area contributed by atoms with Crippen LogP contribution in [0.25, 0.3) is 0 Å². The van der Waals surface area contributed by atoms with E-state index >= 15 is 0 Å². The number of rotatable bonds is 3. The number of ether oxygens (including phenoxy) is 1. The number of carbonyl (C=O) groups is 1. The zero-order valence-corrected chi connectivity index (χ0v) is 10.1. The Bertz CT molecular complexity index is 239. The molecule has 0 saturated carbocycles. The van der Waals surface area contributed by atoms with Crippen molar-refractivity contribution in [3.05, 3.63) is 0 Å². The van der Waals surface area contributed by atoms with Crippen LogP contribution < -0.4 is 5.32 Å². The molecule has 1 unspecified atom stereocenters. The Morgan fingerprint density at radius 2 is 2.44 bits per heavy atom. The van der Waals surface area contributed by atoms with Gasteiger partial charge < -0.3 is 15.0 Å². The molecule has 16 heavy (non-hydrogen) atoms. The van der Waals surface area contributed by atoms with E-state index in [2.05, 4.69) is 12.2 Å². The molecular formula is C12H22N2O2. The Morgan fingerprint density at radius 3 is 3.12 bits per heavy atom. The highest BCUT2D eigenvalue weighted by Gasteiger charge is 2.24. The molecule has 0 spiro atoms. The van der Waals surface area contributed by atoms with E-state index < -0.39 is 0 Å². The molecule has 4 heteroatoms. The summed E-state index contributed by atoms with van der Waals surface area (Å²) in [7, 11) is 0. The molecule has 1 amide bonds. The van der Waals surface area contributed by atoms with Gasteiger partial charge in [0, 0.05) is 45.3 Å². The van der Waals surface area contributed by atoms with E-state index in [1.807, 2.05) is 4.90 Å². The molecule has 0 aromatic carbocycles. The van der Waals surface area contributed by atoms with Gasteiger partial charge in [0.25, 0.3) is 0 Å². The first-order valence-electron chi connectivity index (χ1n) is 6.35. The van der Waals surface area contributed by atoms with Gasteiger partial charge in [-0.25, -0.2) is 0 Å². The summed E-state index contributed by atoms with van der Waals surface area (Å²) in [6.45, 7) is 6.57. The second-order valence-electron chi connectivity index (χ2n) is 4.91. The maximum Gasteiger partial charge on any atom is 0.222 e. The van der Waals surface area contributed by atoms with Crippen LogP contribution in [0.2, 0.25) is 0 Å². The molecule has 2 aliphatic rings. The summed E-state index contributed by atoms with van der Waals surface area (Å²) < 4.78 is 5.32. The van der Waals surface area contributed by atoms with Crippen molar-refractivity contribution >= 4 is 5.91 Å². The quantitative estimate of drug-likeness (QED) is 0.767. The topological polar surface area (TPSA) is 41.6 Å². The second-order valence-corrected chi connectivity index (χ2v) is 4.91. The van der Waals surface area contributed by atoms with Crippen molar-refractivity contribution in [2.45, 2.75) is 32.2 Å². The van der Waals surface area contributed by atoms with Gasteiger partial charge in [0.1, 0.15) is 0 Å². The lowest BCUT2D eigenvalue weighted by molar-refractivity contribution is -0.134. The lowest BCUT2D eigenvalue weighted by Gasteiger charge is -2.34. The monoisotopic (exact) mass is 226 g/mol. The van der Waals surface area contributed by atoms with Crippen LogP contribution in [0, 0.1) is 5.92 Å². The van der Waals surface area contributed by atoms with Crippen LogP contribution in [0.5, 0.6) is 0 Å². The van der Waals surface area contributed by atoms with E-state index in [1.54, 1.807) is 0 Å². The highest BCUT2D eigenvalue weighted by atomic mass is 16.5. The van der Waals surface area contributed by atoms with Gasteiger partial charge in [-0.1, -0.05) is 0 Å². The van der Waals surface area contributed by atoms with Crippen molar-refractivity contribution in [3.8, 4) is 0 Å². The van der Waals surface area contributed by atoms with Gasteiger partial charge in [-0.2, -0.15) is 0 Å². The largest absolute Gasteiger partial charge is 0.381 e. The van der Waals surface area contributed by atoms with E-state index in [0.717, 1.165) is 45.7 Å². The van der Waals surface area contributed by atoms with Crippen LogP contribution in [-0.2, 0) is 9.53 Å². The Labute approximate surface area is 97.3 Å². The molecule has 92 valence electrons. The van der Waals surface area contributed by atoms with Gasteiger partial charge in [-0.05, 0) is 25.7 Å². The molecule has 2 heterocycles. The molecule has 2 aliphatic heterocycles. The van der Waals surface area contributed by atoms with E-state index in [9.17, 15) is 4.79 Å². The minimum Gasteiger partial charge on any atom is -0.381 e. The van der Waals surface area contributed by atoms with E-state index in [1.165, 1.54) is 0 Å². The van der Waals surface area contributed by atoms with E-state index in [0.29, 0.717) is 24.3 Å². The smallest absolute Gasteiger partial charge is 0.222 e. The van der Waals surface area contributed by atoms with Gasteiger partial charge >= 0.3 is 0 Å². The molecule has 2 saturated heterocycles. The van der Waals surface area contributed by atoms with Crippen molar-refractivity contribution in [3.63, 3.8) is 0 Å². The third-order valence-electron chi connectivity index (χ3n) is 3.61. The number of piperazine rings is 1. The van der Waals surface area contributed by atoms with Crippen molar-refractivity contribution in [2.75, 3.05) is 32.8 Å². The van der Waals surface area contributed by atoms with Crippen molar-refractivity contribution < 1.29 is 9.53 Å². The van der Waals surface area contributed by atoms with Gasteiger partial charge in [0.15, 0.2) is 0 Å². The van der Waals surface area contributed by atoms with Crippen LogP contribution >= 0.6 is 0 Å². The summed E-state index contributed by atoms with van der Waals surface area (Å²) in [4.78, 5) is 14.0. The molecule has 0 aliphatic carbocycles. The third-order valence-corrected chi connectivity index (χ3v) is 3.61. The Balaban J connectivity index is 1.73. The predicted molar refractivity (Wildman–Crippen MR) is 62.2 cm³/mol. The molecule has 2 fully saturated rings. The van der Waals surface area contributed by atoms with Gasteiger partial charge in [0.2, 0.25) is 5.91 Å². The number of hydrogen-bond donors (Lipinski definition) is 1. The van der Waals surface area contributed by atoms with E-state index in [4.69, 9.17) is 4.74 Å². The molecule has 0 aromatic rings. The molecule has 0 aromatic heterocycles. The van der Waals surface area contributed by atoms with Crippen molar-refractivity contribution in [1.29, 1.82) is 0 Å². The molecule has 0 bridgehead atoms. The molecule has 4 nitrogen and oxygen atoms in total. The third kappa shape index (κ3) is 2.95. The maximum atomic E-state index is 12.0. The second kappa shape index (κ2) is 5.64. The highest BCUT2D eigenvalue weighted by Crippen LogP contribution is 2.19. The summed E-state index contributed by atoms with van der Waals surface area (Å²) in [5, 5.41) is 3.30. The average molecular weight is 226 g/mol. The van der Waals surface area contributed by atoms with E-state index in [-0.39, 0.29) is 0 Å². The fourth-order valence-corrected chi connectivity index (χ4v) is 2.49. The number of nitrogens with one attached hydrogen (secondary N) is 1. The molecule has 0 radical (unpaired) electrons. The van der Waals surface area contributed by atoms with Gasteiger partial charge in [0.05, 0.1) is 0 Å². The molecule has 2 atom stereocenters. The Hall–Kier alpha value is -0.610. The van der Waals surface area contributed by atoms with Crippen LogP contribution in [0.1, 0.15) is 26.2 Å². The lowest BCUT2D eigenvalue weighted by Crippen LogP contribution is -2.52. The number of hydrogen-bond acceptors (Lipinski definition) is 3. The van der Waals surface area contributed by atoms with Crippen molar-refractivity contribution in [2.24, 2.45) is 5.92 Å². The van der Waals surface area contributed by atoms with Crippen molar-refractivity contribution in [1.82, 2.24) is 10.2 Å². The van der Waals surface area contributed by atoms with Crippen LogP contribution in [0.4, 0.5) is 0 Å². The maximum absolute atomic E-state index is 12.0. The first-order chi connectivity index (χ1) is 7.77. The summed E-state index contributed by atoms with van der Waals surface area (Å²) >= 11 is 0. The molecule has 1 N–H and O–H groups in total. The standard InChI is InChI=1S/C12H22N2O2/c1-10-8-13-5-6-14(10)12(15)3-2-11-4-7-16-9-11/h10-11,13H,2-9H2,1H3/t10-,11?/m1/s1. The zero-order chi connectivity index (χ0) is 11.4. The first kappa shape index (κ1) is 11.9. The summed E-state index contributed by atoms with van der Waals surface area (Å²) in [6, 6.07) is 0.348. The fraction of sp³-hybridized carbons (Fsp3) is 0.917.